The molecule has 0 spiro atoms. The van der Waals surface area contributed by atoms with Crippen LogP contribution in [0.2, 0.25) is 0 Å². The molecule has 148 valence electrons. The Morgan fingerprint density at radius 1 is 1.24 bits per heavy atom. The lowest BCUT2D eigenvalue weighted by molar-refractivity contribution is -0.129. The van der Waals surface area contributed by atoms with Gasteiger partial charge in [-0.2, -0.15) is 0 Å². The summed E-state index contributed by atoms with van der Waals surface area (Å²) in [5.41, 5.74) is 5.04. The fourth-order valence-electron chi connectivity index (χ4n) is 3.69. The third kappa shape index (κ3) is 3.88. The van der Waals surface area contributed by atoms with E-state index < -0.39 is 0 Å². The van der Waals surface area contributed by atoms with E-state index in [4.69, 9.17) is 4.98 Å². The van der Waals surface area contributed by atoms with Crippen LogP contribution in [0.1, 0.15) is 55.0 Å². The molecule has 0 radical (unpaired) electrons. The summed E-state index contributed by atoms with van der Waals surface area (Å²) >= 11 is 2.35. The lowest BCUT2D eigenvalue weighted by Crippen LogP contribution is -2.27. The lowest BCUT2D eigenvalue weighted by atomic mass is 10.0. The van der Waals surface area contributed by atoms with Gasteiger partial charge in [0.2, 0.25) is 5.91 Å². The van der Waals surface area contributed by atoms with Crippen LogP contribution < -0.4 is 4.90 Å². The Kier molecular flexibility index (Phi) is 5.34. The molecule has 2 amide bonds. The first-order chi connectivity index (χ1) is 13.9. The molecule has 2 heterocycles. The molecular weight excluding hydrogens is 477 g/mol. The highest BCUT2D eigenvalue weighted by molar-refractivity contribution is 14.1. The van der Waals surface area contributed by atoms with Crippen LogP contribution in [0.5, 0.6) is 0 Å². The number of aryl methyl sites for hydroxylation is 1. The van der Waals surface area contributed by atoms with Crippen molar-refractivity contribution in [2.24, 2.45) is 0 Å². The first-order valence-corrected chi connectivity index (χ1v) is 10.8. The van der Waals surface area contributed by atoms with Gasteiger partial charge in [-0.15, -0.1) is 0 Å². The smallest absolute Gasteiger partial charge is 0.308 e. The zero-order chi connectivity index (χ0) is 20.7. The van der Waals surface area contributed by atoms with Crippen LogP contribution in [0.25, 0.3) is 0 Å². The molecule has 1 fully saturated rings. The Labute approximate surface area is 184 Å². The molecule has 2 aromatic rings. The molecular formula is C23H22IN3O2. The van der Waals surface area contributed by atoms with Crippen LogP contribution in [-0.2, 0) is 22.7 Å². The molecule has 0 atom stereocenters. The number of amides is 2. The summed E-state index contributed by atoms with van der Waals surface area (Å²) in [6.45, 7) is 6.32. The SMILES string of the molecule is CC#CC(=O)N(c1ccc2c(n1)CN(C(C)=O)C2)c1cc(C)c(I)cc1C1CC1. The average Bonchev–Trinajstić information content (AvgIpc) is 3.42. The van der Waals surface area contributed by atoms with Crippen molar-refractivity contribution in [3.05, 3.63) is 50.2 Å². The number of carbonyl (C=O) groups is 2. The van der Waals surface area contributed by atoms with E-state index >= 15 is 0 Å². The summed E-state index contributed by atoms with van der Waals surface area (Å²) in [6, 6.07) is 8.09. The Bertz CT molecular complexity index is 1080. The summed E-state index contributed by atoms with van der Waals surface area (Å²) in [6.07, 6.45) is 2.28. The Hall–Kier alpha value is -2.40. The van der Waals surface area contributed by atoms with Crippen LogP contribution in [0.15, 0.2) is 24.3 Å². The fourth-order valence-corrected chi connectivity index (χ4v) is 4.18. The zero-order valence-electron chi connectivity index (χ0n) is 16.8. The molecule has 0 unspecified atom stereocenters. The van der Waals surface area contributed by atoms with E-state index in [2.05, 4.69) is 53.5 Å². The number of hydrogen-bond donors (Lipinski definition) is 0. The van der Waals surface area contributed by atoms with Crippen molar-refractivity contribution in [3.63, 3.8) is 0 Å². The third-order valence-corrected chi connectivity index (χ3v) is 6.59. The number of carbonyl (C=O) groups excluding carboxylic acids is 2. The summed E-state index contributed by atoms with van der Waals surface area (Å²) in [7, 11) is 0. The minimum Gasteiger partial charge on any atom is -0.333 e. The maximum Gasteiger partial charge on any atom is 0.308 e. The molecule has 4 rings (SSSR count). The Balaban J connectivity index is 1.82. The van der Waals surface area contributed by atoms with Gasteiger partial charge < -0.3 is 4.90 Å². The molecule has 6 heteroatoms. The normalized spacial score (nSPS) is 14.8. The molecule has 0 bridgehead atoms. The van der Waals surface area contributed by atoms with Crippen LogP contribution in [0.4, 0.5) is 11.5 Å². The van der Waals surface area contributed by atoms with Gasteiger partial charge in [-0.05, 0) is 96.0 Å². The number of anilines is 2. The molecule has 1 aromatic heterocycles. The topological polar surface area (TPSA) is 53.5 Å². The van der Waals surface area contributed by atoms with Gasteiger partial charge in [0, 0.05) is 17.0 Å². The Morgan fingerprint density at radius 3 is 2.66 bits per heavy atom. The highest BCUT2D eigenvalue weighted by atomic mass is 127. The van der Waals surface area contributed by atoms with E-state index in [9.17, 15) is 9.59 Å². The predicted molar refractivity (Wildman–Crippen MR) is 121 cm³/mol. The highest BCUT2D eigenvalue weighted by Crippen LogP contribution is 2.46. The minimum atomic E-state index is -0.288. The van der Waals surface area contributed by atoms with Crippen LogP contribution in [-0.4, -0.2) is 21.7 Å². The van der Waals surface area contributed by atoms with E-state index in [0.717, 1.165) is 35.3 Å². The maximum atomic E-state index is 13.1. The molecule has 1 saturated carbocycles. The molecule has 1 aliphatic heterocycles. The summed E-state index contributed by atoms with van der Waals surface area (Å²) in [4.78, 5) is 33.0. The predicted octanol–water partition coefficient (Wildman–Crippen LogP) is 4.42. The van der Waals surface area contributed by atoms with Gasteiger partial charge >= 0.3 is 5.91 Å². The number of halogens is 1. The van der Waals surface area contributed by atoms with Gasteiger partial charge in [-0.1, -0.05) is 12.0 Å². The summed E-state index contributed by atoms with van der Waals surface area (Å²) in [5, 5.41) is 0. The number of hydrogen-bond acceptors (Lipinski definition) is 3. The van der Waals surface area contributed by atoms with Crippen molar-refractivity contribution >= 4 is 45.9 Å². The second kappa shape index (κ2) is 7.79. The van der Waals surface area contributed by atoms with E-state index in [1.165, 1.54) is 9.13 Å². The number of nitrogens with zero attached hydrogens (tertiary/aromatic N) is 3. The second-order valence-electron chi connectivity index (χ2n) is 7.60. The van der Waals surface area contributed by atoms with Crippen molar-refractivity contribution in [1.82, 2.24) is 9.88 Å². The number of pyridine rings is 1. The van der Waals surface area contributed by atoms with Gasteiger partial charge in [-0.3, -0.25) is 14.5 Å². The van der Waals surface area contributed by atoms with Crippen molar-refractivity contribution in [2.45, 2.75) is 52.6 Å². The molecule has 2 aliphatic rings. The molecule has 1 aliphatic carbocycles. The van der Waals surface area contributed by atoms with E-state index in [1.54, 1.807) is 23.6 Å². The first kappa shape index (κ1) is 19.9. The van der Waals surface area contributed by atoms with Gasteiger partial charge in [0.25, 0.3) is 0 Å². The maximum absolute atomic E-state index is 13.1. The van der Waals surface area contributed by atoms with Gasteiger partial charge in [-0.25, -0.2) is 4.98 Å². The fraction of sp³-hybridized carbons (Fsp3) is 0.348. The molecule has 5 nitrogen and oxygen atoms in total. The van der Waals surface area contributed by atoms with Crippen LogP contribution >= 0.6 is 22.6 Å². The molecule has 29 heavy (non-hydrogen) atoms. The molecule has 0 N–H and O–H groups in total. The zero-order valence-corrected chi connectivity index (χ0v) is 18.9. The molecule has 0 saturated heterocycles. The summed E-state index contributed by atoms with van der Waals surface area (Å²) < 4.78 is 1.20. The lowest BCUT2D eigenvalue weighted by Gasteiger charge is -2.24. The Morgan fingerprint density at radius 2 is 2.00 bits per heavy atom. The van der Waals surface area contributed by atoms with E-state index in [1.807, 2.05) is 12.1 Å². The quantitative estimate of drug-likeness (QED) is 0.464. The number of fused-ring (bicyclic) bond motifs is 1. The van der Waals surface area contributed by atoms with Crippen molar-refractivity contribution in [1.29, 1.82) is 0 Å². The monoisotopic (exact) mass is 499 g/mol. The number of rotatable bonds is 3. The van der Waals surface area contributed by atoms with Crippen LogP contribution in [0.3, 0.4) is 0 Å². The molecule has 1 aromatic carbocycles. The van der Waals surface area contributed by atoms with Crippen molar-refractivity contribution in [3.8, 4) is 11.8 Å². The highest BCUT2D eigenvalue weighted by Gasteiger charge is 2.32. The van der Waals surface area contributed by atoms with Crippen molar-refractivity contribution in [2.75, 3.05) is 4.90 Å². The summed E-state index contributed by atoms with van der Waals surface area (Å²) in [5.74, 6) is 6.19. The largest absolute Gasteiger partial charge is 0.333 e. The number of benzene rings is 1. The number of aromatic nitrogens is 1. The van der Waals surface area contributed by atoms with E-state index in [-0.39, 0.29) is 11.8 Å². The van der Waals surface area contributed by atoms with Crippen LogP contribution in [0, 0.1) is 22.3 Å². The average molecular weight is 499 g/mol. The van der Waals surface area contributed by atoms with Crippen molar-refractivity contribution < 1.29 is 9.59 Å². The van der Waals surface area contributed by atoms with Gasteiger partial charge in [0.1, 0.15) is 5.82 Å². The van der Waals surface area contributed by atoms with E-state index in [0.29, 0.717) is 24.8 Å². The first-order valence-electron chi connectivity index (χ1n) is 9.70. The third-order valence-electron chi connectivity index (χ3n) is 5.43. The second-order valence-corrected chi connectivity index (χ2v) is 8.76. The van der Waals surface area contributed by atoms with Gasteiger partial charge in [0.15, 0.2) is 0 Å². The minimum absolute atomic E-state index is 0.0265. The standard InChI is InChI=1S/C23H22IN3O2/c1-4-5-23(29)27(21-10-14(2)19(24)11-18(21)16-6-7-16)22-9-8-17-12-26(15(3)28)13-20(17)25-22/h8-11,16H,6-7,12-13H2,1-3H3. The van der Waals surface area contributed by atoms with Gasteiger partial charge in [0.05, 0.1) is 17.9 Å².